The number of rotatable bonds is 4. The largest absolute Gasteiger partial charge is 0.369 e. The van der Waals surface area contributed by atoms with E-state index in [2.05, 4.69) is 10.3 Å². The van der Waals surface area contributed by atoms with Gasteiger partial charge in [0, 0.05) is 25.8 Å². The Morgan fingerprint density at radius 1 is 1.24 bits per heavy atom. The van der Waals surface area contributed by atoms with Gasteiger partial charge in [-0.2, -0.15) is 4.31 Å². The van der Waals surface area contributed by atoms with Crippen LogP contribution in [0.3, 0.4) is 0 Å². The zero-order valence-electron chi connectivity index (χ0n) is 12.3. The second-order valence-electron chi connectivity index (χ2n) is 5.20. The lowest BCUT2D eigenvalue weighted by atomic mass is 10.1. The first-order valence-corrected chi connectivity index (χ1v) is 9.27. The summed E-state index contributed by atoms with van der Waals surface area (Å²) in [6.07, 6.45) is 6.58. The van der Waals surface area contributed by atoms with Crippen molar-refractivity contribution in [1.29, 1.82) is 0 Å². The Labute approximate surface area is 131 Å². The number of aromatic nitrogens is 1. The van der Waals surface area contributed by atoms with Crippen molar-refractivity contribution in [1.82, 2.24) is 9.29 Å². The van der Waals surface area contributed by atoms with Crippen LogP contribution in [0.15, 0.2) is 17.2 Å². The van der Waals surface area contributed by atoms with E-state index < -0.39 is 10.0 Å². The van der Waals surface area contributed by atoms with Gasteiger partial charge < -0.3 is 5.32 Å². The molecular formula is C14H22ClN3O2S. The number of anilines is 1. The highest BCUT2D eigenvalue weighted by atomic mass is 35.5. The molecule has 1 aromatic rings. The van der Waals surface area contributed by atoms with Gasteiger partial charge in [-0.15, -0.1) is 0 Å². The fraction of sp³-hybridized carbons (Fsp3) is 0.643. The van der Waals surface area contributed by atoms with Gasteiger partial charge in [-0.25, -0.2) is 13.4 Å². The maximum absolute atomic E-state index is 12.7. The number of halogens is 1. The molecule has 0 spiro atoms. The molecule has 0 aromatic carbocycles. The second-order valence-corrected chi connectivity index (χ2v) is 7.55. The molecular weight excluding hydrogens is 310 g/mol. The molecule has 1 aliphatic heterocycles. The van der Waals surface area contributed by atoms with Gasteiger partial charge in [-0.3, -0.25) is 0 Å². The Morgan fingerprint density at radius 2 is 1.86 bits per heavy atom. The summed E-state index contributed by atoms with van der Waals surface area (Å²) in [6, 6.07) is 1.49. The average molecular weight is 332 g/mol. The number of pyridine rings is 1. The highest BCUT2D eigenvalue weighted by Gasteiger charge is 2.25. The molecule has 1 aliphatic rings. The predicted molar refractivity (Wildman–Crippen MR) is 85.3 cm³/mol. The van der Waals surface area contributed by atoms with E-state index in [0.717, 1.165) is 25.7 Å². The molecule has 1 fully saturated rings. The van der Waals surface area contributed by atoms with E-state index in [9.17, 15) is 8.42 Å². The number of nitrogens with one attached hydrogen (secondary N) is 1. The molecule has 21 heavy (non-hydrogen) atoms. The Kier molecular flexibility index (Phi) is 5.84. The number of nitrogens with zero attached hydrogens (tertiary/aromatic N) is 2. The predicted octanol–water partition coefficient (Wildman–Crippen LogP) is 3.12. The third kappa shape index (κ3) is 4.08. The molecule has 2 rings (SSSR count). The summed E-state index contributed by atoms with van der Waals surface area (Å²) < 4.78 is 26.9. The van der Waals surface area contributed by atoms with E-state index in [0.29, 0.717) is 30.5 Å². The molecule has 0 bridgehead atoms. The summed E-state index contributed by atoms with van der Waals surface area (Å²) in [5.74, 6) is 0.519. The minimum atomic E-state index is -3.50. The van der Waals surface area contributed by atoms with Gasteiger partial charge in [0.05, 0.1) is 5.02 Å². The Balaban J connectivity index is 2.23. The number of sulfonamides is 1. The molecule has 0 radical (unpaired) electrons. The first kappa shape index (κ1) is 16.5. The quantitative estimate of drug-likeness (QED) is 0.920. The van der Waals surface area contributed by atoms with Gasteiger partial charge >= 0.3 is 0 Å². The van der Waals surface area contributed by atoms with E-state index in [1.165, 1.54) is 18.7 Å². The van der Waals surface area contributed by atoms with Crippen molar-refractivity contribution in [2.24, 2.45) is 0 Å². The summed E-state index contributed by atoms with van der Waals surface area (Å²) >= 11 is 6.10. The summed E-state index contributed by atoms with van der Waals surface area (Å²) in [5.41, 5.74) is 0. The molecule has 0 aliphatic carbocycles. The maximum atomic E-state index is 12.7. The van der Waals surface area contributed by atoms with Crippen molar-refractivity contribution >= 4 is 27.4 Å². The van der Waals surface area contributed by atoms with E-state index in [-0.39, 0.29) is 4.90 Å². The first-order chi connectivity index (χ1) is 10.1. The van der Waals surface area contributed by atoms with Gasteiger partial charge in [-0.1, -0.05) is 30.9 Å². The smallest absolute Gasteiger partial charge is 0.244 e. The molecule has 5 nitrogen and oxygen atoms in total. The summed E-state index contributed by atoms with van der Waals surface area (Å²) in [5, 5.41) is 3.34. The van der Waals surface area contributed by atoms with Gasteiger partial charge in [0.15, 0.2) is 0 Å². The molecule has 0 amide bonds. The van der Waals surface area contributed by atoms with Crippen LogP contribution in [0.1, 0.15) is 39.0 Å². The zero-order chi connectivity index (χ0) is 15.3. The van der Waals surface area contributed by atoms with E-state index >= 15 is 0 Å². The van der Waals surface area contributed by atoms with Crippen LogP contribution in [0.4, 0.5) is 5.82 Å². The Hall–Kier alpha value is -0.850. The third-order valence-corrected chi connectivity index (χ3v) is 5.77. The monoisotopic (exact) mass is 331 g/mol. The van der Waals surface area contributed by atoms with Crippen molar-refractivity contribution in [3.63, 3.8) is 0 Å². The standard InChI is InChI=1S/C14H22ClN3O2S/c1-2-16-14-13(15)10-12(11-17-14)21(19,20)18-8-6-4-3-5-7-9-18/h10-11H,2-9H2,1H3,(H,16,17). The van der Waals surface area contributed by atoms with Crippen LogP contribution < -0.4 is 5.32 Å². The van der Waals surface area contributed by atoms with Crippen molar-refractivity contribution < 1.29 is 8.42 Å². The fourth-order valence-electron chi connectivity index (χ4n) is 2.47. The topological polar surface area (TPSA) is 62.3 Å². The van der Waals surface area contributed by atoms with Crippen LogP contribution in [0.2, 0.25) is 5.02 Å². The van der Waals surface area contributed by atoms with Crippen molar-refractivity contribution in [2.75, 3.05) is 25.0 Å². The molecule has 0 unspecified atom stereocenters. The molecule has 1 saturated heterocycles. The summed E-state index contributed by atoms with van der Waals surface area (Å²) in [4.78, 5) is 4.30. The third-order valence-electron chi connectivity index (χ3n) is 3.61. The highest BCUT2D eigenvalue weighted by molar-refractivity contribution is 7.89. The van der Waals surface area contributed by atoms with E-state index in [4.69, 9.17) is 11.6 Å². The van der Waals surface area contributed by atoms with E-state index in [1.54, 1.807) is 4.31 Å². The molecule has 7 heteroatoms. The number of hydrogen-bond donors (Lipinski definition) is 1. The Morgan fingerprint density at radius 3 is 2.43 bits per heavy atom. The molecule has 0 saturated carbocycles. The molecule has 0 atom stereocenters. The van der Waals surface area contributed by atoms with E-state index in [1.807, 2.05) is 6.92 Å². The van der Waals surface area contributed by atoms with Crippen molar-refractivity contribution in [3.05, 3.63) is 17.3 Å². The highest BCUT2D eigenvalue weighted by Crippen LogP contribution is 2.25. The summed E-state index contributed by atoms with van der Waals surface area (Å²) in [6.45, 7) is 3.78. The van der Waals surface area contributed by atoms with Crippen LogP contribution in [0, 0.1) is 0 Å². The molecule has 2 heterocycles. The molecule has 1 aromatic heterocycles. The van der Waals surface area contributed by atoms with Gasteiger partial charge in [0.25, 0.3) is 0 Å². The lowest BCUT2D eigenvalue weighted by molar-refractivity contribution is 0.364. The van der Waals surface area contributed by atoms with Crippen molar-refractivity contribution in [3.8, 4) is 0 Å². The molecule has 1 N–H and O–H groups in total. The SMILES string of the molecule is CCNc1ncc(S(=O)(=O)N2CCCCCCC2)cc1Cl. The minimum Gasteiger partial charge on any atom is -0.369 e. The summed E-state index contributed by atoms with van der Waals surface area (Å²) in [7, 11) is -3.50. The average Bonchev–Trinajstić information content (AvgIpc) is 2.40. The lowest BCUT2D eigenvalue weighted by Crippen LogP contribution is -2.34. The zero-order valence-corrected chi connectivity index (χ0v) is 13.9. The van der Waals surface area contributed by atoms with Crippen LogP contribution in [0.25, 0.3) is 0 Å². The van der Waals surface area contributed by atoms with Gasteiger partial charge in [0.2, 0.25) is 10.0 Å². The van der Waals surface area contributed by atoms with Gasteiger partial charge in [0.1, 0.15) is 10.7 Å². The van der Waals surface area contributed by atoms with Crippen LogP contribution >= 0.6 is 11.6 Å². The van der Waals surface area contributed by atoms with Crippen LogP contribution in [-0.4, -0.2) is 37.3 Å². The lowest BCUT2D eigenvalue weighted by Gasteiger charge is -2.24. The van der Waals surface area contributed by atoms with Crippen LogP contribution in [-0.2, 0) is 10.0 Å². The second kappa shape index (κ2) is 7.42. The van der Waals surface area contributed by atoms with Crippen LogP contribution in [0.5, 0.6) is 0 Å². The maximum Gasteiger partial charge on any atom is 0.244 e. The first-order valence-electron chi connectivity index (χ1n) is 7.45. The fourth-order valence-corrected chi connectivity index (χ4v) is 4.25. The Bertz CT molecular complexity index is 570. The van der Waals surface area contributed by atoms with Gasteiger partial charge in [-0.05, 0) is 25.8 Å². The number of hydrogen-bond acceptors (Lipinski definition) is 4. The normalized spacial score (nSPS) is 18.0. The minimum absolute atomic E-state index is 0.176. The molecule has 118 valence electrons. The van der Waals surface area contributed by atoms with Crippen molar-refractivity contribution in [2.45, 2.75) is 43.9 Å².